The van der Waals surface area contributed by atoms with E-state index in [0.717, 1.165) is 96.3 Å². The van der Waals surface area contributed by atoms with Crippen LogP contribution in [0, 0.1) is 0 Å². The molecule has 1 amide bonds. The Hall–Kier alpha value is -2.84. The minimum absolute atomic E-state index is 0.00884. The molecule has 0 spiro atoms. The second-order valence-corrected chi connectivity index (χ2v) is 24.2. The van der Waals surface area contributed by atoms with Crippen LogP contribution in [0.15, 0.2) is 109 Å². The Bertz CT molecular complexity index is 1640. The van der Waals surface area contributed by atoms with E-state index in [0.29, 0.717) is 23.9 Å². The van der Waals surface area contributed by atoms with Crippen molar-refractivity contribution in [2.24, 2.45) is 0 Å². The Labute approximate surface area is 482 Å². The van der Waals surface area contributed by atoms with Gasteiger partial charge in [0, 0.05) is 6.42 Å². The molecular formula is C69H123N2O6P. The third-order valence-electron chi connectivity index (χ3n) is 14.0. The fraction of sp³-hybridized carbons (Fsp3) is 0.725. The van der Waals surface area contributed by atoms with Crippen LogP contribution in [0.25, 0.3) is 0 Å². The van der Waals surface area contributed by atoms with E-state index in [-0.39, 0.29) is 19.1 Å². The largest absolute Gasteiger partial charge is 0.756 e. The van der Waals surface area contributed by atoms with Crippen molar-refractivity contribution in [3.8, 4) is 0 Å². The van der Waals surface area contributed by atoms with Crippen LogP contribution in [-0.2, 0) is 18.4 Å². The monoisotopic (exact) mass is 1110 g/mol. The predicted molar refractivity (Wildman–Crippen MR) is 339 cm³/mol. The van der Waals surface area contributed by atoms with Crippen molar-refractivity contribution in [1.82, 2.24) is 5.32 Å². The van der Waals surface area contributed by atoms with Gasteiger partial charge in [-0.2, -0.15) is 0 Å². The number of nitrogens with one attached hydrogen (secondary N) is 1. The molecule has 0 fully saturated rings. The molecule has 0 aliphatic heterocycles. The number of carbonyl (C=O) groups is 1. The fourth-order valence-corrected chi connectivity index (χ4v) is 9.76. The summed E-state index contributed by atoms with van der Waals surface area (Å²) in [5.74, 6) is -0.168. The van der Waals surface area contributed by atoms with Gasteiger partial charge in [-0.25, -0.2) is 0 Å². The molecule has 0 radical (unpaired) electrons. The molecule has 450 valence electrons. The number of allylic oxidation sites excluding steroid dienone is 18. The first kappa shape index (κ1) is 75.2. The SMILES string of the molecule is CC/C=C\C/C=C\C/C=C\C/C=C\C/C=C\C/C=C\C/C=C\C/C=C\C/C=C\CCCCCCCCCCCCCCCC(=O)NC(COP(=O)([O-])OCC[N+](C)(C)C)C(O)CCCCCCCCCCCCCCCCC. The molecule has 0 rings (SSSR count). The van der Waals surface area contributed by atoms with E-state index in [2.05, 4.69) is 129 Å². The van der Waals surface area contributed by atoms with Crippen LogP contribution in [0.2, 0.25) is 0 Å². The van der Waals surface area contributed by atoms with Gasteiger partial charge < -0.3 is 28.8 Å². The number of amides is 1. The summed E-state index contributed by atoms with van der Waals surface area (Å²) in [6.45, 7) is 4.61. The Morgan fingerprint density at radius 3 is 1.14 bits per heavy atom. The van der Waals surface area contributed by atoms with Gasteiger partial charge in [-0.05, 0) is 83.5 Å². The maximum Gasteiger partial charge on any atom is 0.268 e. The van der Waals surface area contributed by atoms with Crippen molar-refractivity contribution in [1.29, 1.82) is 0 Å². The van der Waals surface area contributed by atoms with E-state index in [1.807, 2.05) is 21.1 Å². The summed E-state index contributed by atoms with van der Waals surface area (Å²) in [5.41, 5.74) is 0. The Morgan fingerprint density at radius 1 is 0.462 bits per heavy atom. The number of hydrogen-bond donors (Lipinski definition) is 2. The zero-order chi connectivity index (χ0) is 57.0. The van der Waals surface area contributed by atoms with Crippen LogP contribution in [0.1, 0.15) is 271 Å². The van der Waals surface area contributed by atoms with Gasteiger partial charge in [0.2, 0.25) is 5.91 Å². The van der Waals surface area contributed by atoms with Crippen LogP contribution < -0.4 is 10.2 Å². The van der Waals surface area contributed by atoms with E-state index in [1.165, 1.54) is 148 Å². The second-order valence-electron chi connectivity index (χ2n) is 22.7. The number of rotatable bonds is 58. The van der Waals surface area contributed by atoms with Crippen LogP contribution in [0.5, 0.6) is 0 Å². The Balaban J connectivity index is 4.01. The standard InChI is InChI=1S/C69H123N2O6P/c1-6-8-10-12-14-16-18-20-22-23-24-25-26-27-28-29-30-31-32-33-34-35-36-37-38-39-40-41-42-43-44-45-46-47-49-51-53-55-57-59-61-63-69(73)70-67(66-77-78(74,75)76-65-64-71(3,4)5)68(72)62-60-58-56-54-52-50-48-21-19-17-15-13-11-9-7-2/h8,10,14,16,20,22,24-25,27-28,30-31,33-34,36-37,39-40,67-68,72H,6-7,9,11-13,15,17-19,21,23,26,29,32,35,38,41-66H2,1-5H3,(H-,70,73,74,75)/b10-8-,16-14-,22-20-,25-24-,28-27-,31-30-,34-33-,37-36-,40-39-. The molecule has 2 N–H and O–H groups in total. The summed E-state index contributed by atoms with van der Waals surface area (Å²) in [6.07, 6.45) is 85.7. The average molecular weight is 1110 g/mol. The molecule has 0 aromatic carbocycles. The molecule has 0 aliphatic carbocycles. The quantitative estimate of drug-likeness (QED) is 0.0272. The lowest BCUT2D eigenvalue weighted by molar-refractivity contribution is -0.870. The number of phosphoric acid groups is 1. The molecule has 0 aromatic heterocycles. The van der Waals surface area contributed by atoms with Gasteiger partial charge in [0.05, 0.1) is 39.9 Å². The molecule has 0 heterocycles. The van der Waals surface area contributed by atoms with Crippen molar-refractivity contribution in [2.45, 2.75) is 283 Å². The summed E-state index contributed by atoms with van der Waals surface area (Å²) < 4.78 is 23.4. The lowest BCUT2D eigenvalue weighted by Gasteiger charge is -2.30. The van der Waals surface area contributed by atoms with Gasteiger partial charge in [-0.3, -0.25) is 9.36 Å². The van der Waals surface area contributed by atoms with Crippen LogP contribution >= 0.6 is 7.82 Å². The number of quaternary nitrogens is 1. The lowest BCUT2D eigenvalue weighted by Crippen LogP contribution is -2.46. The van der Waals surface area contributed by atoms with Gasteiger partial charge >= 0.3 is 0 Å². The van der Waals surface area contributed by atoms with E-state index < -0.39 is 20.0 Å². The summed E-state index contributed by atoms with van der Waals surface area (Å²) in [6, 6.07) is -0.807. The maximum absolute atomic E-state index is 13.0. The number of nitrogens with zero attached hydrogens (tertiary/aromatic N) is 1. The average Bonchev–Trinajstić information content (AvgIpc) is 3.41. The molecule has 0 bridgehead atoms. The van der Waals surface area contributed by atoms with Gasteiger partial charge in [-0.15, -0.1) is 0 Å². The zero-order valence-corrected chi connectivity index (χ0v) is 52.2. The van der Waals surface area contributed by atoms with Crippen molar-refractivity contribution in [2.75, 3.05) is 40.9 Å². The summed E-state index contributed by atoms with van der Waals surface area (Å²) in [5, 5.41) is 14.0. The van der Waals surface area contributed by atoms with E-state index >= 15 is 0 Å². The number of hydrogen-bond acceptors (Lipinski definition) is 6. The number of carbonyl (C=O) groups excluding carboxylic acids is 1. The molecule has 0 saturated heterocycles. The molecule has 78 heavy (non-hydrogen) atoms. The highest BCUT2D eigenvalue weighted by molar-refractivity contribution is 7.45. The molecule has 9 heteroatoms. The summed E-state index contributed by atoms with van der Waals surface area (Å²) in [7, 11) is 1.30. The van der Waals surface area contributed by atoms with E-state index in [9.17, 15) is 19.4 Å². The van der Waals surface area contributed by atoms with Gasteiger partial charge in [0.15, 0.2) is 0 Å². The zero-order valence-electron chi connectivity index (χ0n) is 51.3. The molecule has 0 aromatic rings. The highest BCUT2D eigenvalue weighted by atomic mass is 31.2. The third kappa shape index (κ3) is 60.8. The lowest BCUT2D eigenvalue weighted by atomic mass is 10.0. The first-order valence-electron chi connectivity index (χ1n) is 32.2. The number of unbranched alkanes of at least 4 members (excludes halogenated alkanes) is 27. The first-order valence-corrected chi connectivity index (χ1v) is 33.7. The number of phosphoric ester groups is 1. The van der Waals surface area contributed by atoms with E-state index in [4.69, 9.17) is 9.05 Å². The smallest absolute Gasteiger partial charge is 0.268 e. The van der Waals surface area contributed by atoms with Crippen molar-refractivity contribution in [3.05, 3.63) is 109 Å². The van der Waals surface area contributed by atoms with Gasteiger partial charge in [0.1, 0.15) is 13.2 Å². The topological polar surface area (TPSA) is 108 Å². The van der Waals surface area contributed by atoms with Gasteiger partial charge in [-0.1, -0.05) is 290 Å². The number of aliphatic hydroxyl groups excluding tert-OH is 1. The molecule has 3 atom stereocenters. The number of likely N-dealkylation sites (N-methyl/N-ethyl adjacent to an activating group) is 1. The van der Waals surface area contributed by atoms with Crippen LogP contribution in [-0.4, -0.2) is 68.5 Å². The van der Waals surface area contributed by atoms with Crippen molar-refractivity contribution in [3.63, 3.8) is 0 Å². The molecule has 0 aliphatic rings. The van der Waals surface area contributed by atoms with Crippen molar-refractivity contribution >= 4 is 13.7 Å². The highest BCUT2D eigenvalue weighted by Crippen LogP contribution is 2.38. The molecule has 8 nitrogen and oxygen atoms in total. The minimum atomic E-state index is -4.58. The summed E-state index contributed by atoms with van der Waals surface area (Å²) in [4.78, 5) is 25.6. The molecule has 3 unspecified atom stereocenters. The first-order chi connectivity index (χ1) is 38.0. The Kier molecular flexibility index (Phi) is 56.7. The molecule has 0 saturated carbocycles. The Morgan fingerprint density at radius 2 is 0.782 bits per heavy atom. The highest BCUT2D eigenvalue weighted by Gasteiger charge is 2.24. The van der Waals surface area contributed by atoms with Crippen LogP contribution in [0.4, 0.5) is 0 Å². The maximum atomic E-state index is 13.0. The van der Waals surface area contributed by atoms with Crippen molar-refractivity contribution < 1.29 is 32.9 Å². The second kappa shape index (κ2) is 58.8. The predicted octanol–water partition coefficient (Wildman–Crippen LogP) is 19.7. The number of aliphatic hydroxyl groups is 1. The summed E-state index contributed by atoms with van der Waals surface area (Å²) >= 11 is 0. The van der Waals surface area contributed by atoms with E-state index in [1.54, 1.807) is 0 Å². The molecular weight excluding hydrogens is 984 g/mol. The minimum Gasteiger partial charge on any atom is -0.756 e. The normalized spacial score (nSPS) is 14.5. The fourth-order valence-electron chi connectivity index (χ4n) is 9.03. The van der Waals surface area contributed by atoms with Gasteiger partial charge in [0.25, 0.3) is 7.82 Å². The third-order valence-corrected chi connectivity index (χ3v) is 15.0. The van der Waals surface area contributed by atoms with Crippen LogP contribution in [0.3, 0.4) is 0 Å².